The zero-order valence-electron chi connectivity index (χ0n) is 14.7. The third kappa shape index (κ3) is 6.63. The Morgan fingerprint density at radius 3 is 2.72 bits per heavy atom. The van der Waals surface area contributed by atoms with Gasteiger partial charge in [-0.15, -0.1) is 24.0 Å². The molecule has 1 saturated heterocycles. The summed E-state index contributed by atoms with van der Waals surface area (Å²) in [6, 6.07) is 7.75. The Morgan fingerprint density at radius 2 is 2.08 bits per heavy atom. The Kier molecular flexibility index (Phi) is 9.51. The molecule has 1 heterocycles. The summed E-state index contributed by atoms with van der Waals surface area (Å²) in [5.41, 5.74) is 0.999. The Labute approximate surface area is 167 Å². The Bertz CT molecular complexity index is 667. The Balaban J connectivity index is 0.00000312. The van der Waals surface area contributed by atoms with Gasteiger partial charge in [0.05, 0.1) is 19.4 Å². The molecular formula is C16H27IN4O3S. The Morgan fingerprint density at radius 1 is 1.32 bits per heavy atom. The molecule has 1 aromatic carbocycles. The molecule has 0 radical (unpaired) electrons. The average Bonchev–Trinajstić information content (AvgIpc) is 2.91. The van der Waals surface area contributed by atoms with Gasteiger partial charge in [0.15, 0.2) is 5.96 Å². The van der Waals surface area contributed by atoms with Gasteiger partial charge in [-0.3, -0.25) is 0 Å². The lowest BCUT2D eigenvalue weighted by atomic mass is 10.2. The fourth-order valence-electron chi connectivity index (χ4n) is 2.58. The SMILES string of the molecule is CCNC(=NCc1ccccc1OC)NCCN1CCCS1(=O)=O.I. The average molecular weight is 482 g/mol. The molecule has 0 saturated carbocycles. The summed E-state index contributed by atoms with van der Waals surface area (Å²) in [5.74, 6) is 1.73. The van der Waals surface area contributed by atoms with Crippen molar-refractivity contribution in [2.24, 2.45) is 4.99 Å². The van der Waals surface area contributed by atoms with Crippen molar-refractivity contribution in [2.45, 2.75) is 19.9 Å². The number of aliphatic imine (C=N–C) groups is 1. The van der Waals surface area contributed by atoms with E-state index in [0.29, 0.717) is 38.6 Å². The molecular weight excluding hydrogens is 455 g/mol. The predicted molar refractivity (Wildman–Crippen MR) is 111 cm³/mol. The van der Waals surface area contributed by atoms with Crippen molar-refractivity contribution in [1.29, 1.82) is 0 Å². The first-order chi connectivity index (χ1) is 11.6. The number of methoxy groups -OCH3 is 1. The van der Waals surface area contributed by atoms with Crippen LogP contribution in [0.25, 0.3) is 0 Å². The van der Waals surface area contributed by atoms with E-state index in [1.54, 1.807) is 7.11 Å². The van der Waals surface area contributed by atoms with Gasteiger partial charge in [0.2, 0.25) is 10.0 Å². The molecule has 1 aromatic rings. The fraction of sp³-hybridized carbons (Fsp3) is 0.562. The number of ether oxygens (including phenoxy) is 1. The molecule has 25 heavy (non-hydrogen) atoms. The number of nitrogens with one attached hydrogen (secondary N) is 2. The second kappa shape index (κ2) is 10.8. The van der Waals surface area contributed by atoms with E-state index >= 15 is 0 Å². The number of hydrogen-bond donors (Lipinski definition) is 2. The third-order valence-electron chi connectivity index (χ3n) is 3.80. The van der Waals surface area contributed by atoms with Crippen molar-refractivity contribution >= 4 is 40.0 Å². The van der Waals surface area contributed by atoms with Crippen LogP contribution in [0.4, 0.5) is 0 Å². The number of hydrogen-bond acceptors (Lipinski definition) is 4. The van der Waals surface area contributed by atoms with Crippen LogP contribution in [0, 0.1) is 0 Å². The van der Waals surface area contributed by atoms with E-state index in [0.717, 1.165) is 17.9 Å². The number of guanidine groups is 1. The molecule has 1 aliphatic rings. The van der Waals surface area contributed by atoms with Gasteiger partial charge < -0.3 is 15.4 Å². The van der Waals surface area contributed by atoms with Crippen LogP contribution >= 0.6 is 24.0 Å². The number of rotatable bonds is 7. The first-order valence-electron chi connectivity index (χ1n) is 8.18. The van der Waals surface area contributed by atoms with Crippen molar-refractivity contribution in [3.63, 3.8) is 0 Å². The van der Waals surface area contributed by atoms with E-state index in [2.05, 4.69) is 15.6 Å². The maximum Gasteiger partial charge on any atom is 0.214 e. The minimum absolute atomic E-state index is 0. The van der Waals surface area contributed by atoms with Crippen LogP contribution in [-0.4, -0.2) is 57.7 Å². The van der Waals surface area contributed by atoms with Gasteiger partial charge in [0.1, 0.15) is 5.75 Å². The van der Waals surface area contributed by atoms with E-state index in [1.807, 2.05) is 31.2 Å². The number of benzene rings is 1. The predicted octanol–water partition coefficient (Wildman–Crippen LogP) is 1.40. The highest BCUT2D eigenvalue weighted by molar-refractivity contribution is 14.0. The van der Waals surface area contributed by atoms with E-state index < -0.39 is 10.0 Å². The van der Waals surface area contributed by atoms with E-state index in [9.17, 15) is 8.42 Å². The lowest BCUT2D eigenvalue weighted by Crippen LogP contribution is -2.42. The summed E-state index contributed by atoms with van der Waals surface area (Å²) in [5, 5.41) is 6.35. The number of para-hydroxylation sites is 1. The van der Waals surface area contributed by atoms with E-state index in [-0.39, 0.29) is 29.7 Å². The molecule has 142 valence electrons. The number of sulfonamides is 1. The van der Waals surface area contributed by atoms with Crippen LogP contribution in [0.5, 0.6) is 5.75 Å². The normalized spacial score (nSPS) is 17.0. The van der Waals surface area contributed by atoms with Gasteiger partial charge >= 0.3 is 0 Å². The van der Waals surface area contributed by atoms with Gasteiger partial charge in [0, 0.05) is 31.7 Å². The van der Waals surface area contributed by atoms with Crippen molar-refractivity contribution in [1.82, 2.24) is 14.9 Å². The standard InChI is InChI=1S/C16H26N4O3S.HI/c1-3-17-16(18-9-11-20-10-6-12-24(20,21)22)19-13-14-7-4-5-8-15(14)23-2;/h4-5,7-8H,3,6,9-13H2,1-2H3,(H2,17,18,19);1H. The first-order valence-corrected chi connectivity index (χ1v) is 9.79. The highest BCUT2D eigenvalue weighted by atomic mass is 127. The molecule has 0 aromatic heterocycles. The third-order valence-corrected chi connectivity index (χ3v) is 5.76. The van der Waals surface area contributed by atoms with Gasteiger partial charge in [-0.25, -0.2) is 17.7 Å². The molecule has 0 unspecified atom stereocenters. The van der Waals surface area contributed by atoms with E-state index in [4.69, 9.17) is 4.74 Å². The lowest BCUT2D eigenvalue weighted by Gasteiger charge is -2.16. The highest BCUT2D eigenvalue weighted by Gasteiger charge is 2.27. The monoisotopic (exact) mass is 482 g/mol. The topological polar surface area (TPSA) is 83.0 Å². The highest BCUT2D eigenvalue weighted by Crippen LogP contribution is 2.17. The van der Waals surface area contributed by atoms with Crippen LogP contribution in [0.2, 0.25) is 0 Å². The molecule has 0 spiro atoms. The quantitative estimate of drug-likeness (QED) is 0.349. The molecule has 0 amide bonds. The molecule has 1 fully saturated rings. The molecule has 2 rings (SSSR count). The van der Waals surface area contributed by atoms with Crippen molar-refractivity contribution in [3.8, 4) is 5.75 Å². The van der Waals surface area contributed by atoms with Gasteiger partial charge in [-0.05, 0) is 19.4 Å². The first kappa shape index (κ1) is 22.0. The smallest absolute Gasteiger partial charge is 0.214 e. The summed E-state index contributed by atoms with van der Waals surface area (Å²) in [6.07, 6.45) is 0.713. The minimum atomic E-state index is -3.05. The molecule has 7 nitrogen and oxygen atoms in total. The summed E-state index contributed by atoms with van der Waals surface area (Å²) in [7, 11) is -1.40. The van der Waals surface area contributed by atoms with Gasteiger partial charge in [-0.1, -0.05) is 18.2 Å². The van der Waals surface area contributed by atoms with Crippen LogP contribution in [0.15, 0.2) is 29.3 Å². The van der Waals surface area contributed by atoms with E-state index in [1.165, 1.54) is 4.31 Å². The second-order valence-electron chi connectivity index (χ2n) is 5.50. The Hall–Kier alpha value is -1.07. The summed E-state index contributed by atoms with van der Waals surface area (Å²) >= 11 is 0. The van der Waals surface area contributed by atoms with Crippen molar-refractivity contribution in [3.05, 3.63) is 29.8 Å². The number of halogens is 1. The maximum atomic E-state index is 11.8. The van der Waals surface area contributed by atoms with Crippen LogP contribution in [0.1, 0.15) is 18.9 Å². The van der Waals surface area contributed by atoms with Gasteiger partial charge in [-0.2, -0.15) is 0 Å². The summed E-state index contributed by atoms with van der Waals surface area (Å²) in [4.78, 5) is 4.54. The fourth-order valence-corrected chi connectivity index (χ4v) is 4.11. The van der Waals surface area contributed by atoms with Crippen molar-refractivity contribution in [2.75, 3.05) is 39.0 Å². The van der Waals surface area contributed by atoms with Crippen LogP contribution in [-0.2, 0) is 16.6 Å². The maximum absolute atomic E-state index is 11.8. The lowest BCUT2D eigenvalue weighted by molar-refractivity contribution is 0.410. The summed E-state index contributed by atoms with van der Waals surface area (Å²) in [6.45, 7) is 4.81. The zero-order valence-corrected chi connectivity index (χ0v) is 17.8. The van der Waals surface area contributed by atoms with Crippen molar-refractivity contribution < 1.29 is 13.2 Å². The van der Waals surface area contributed by atoms with Crippen LogP contribution < -0.4 is 15.4 Å². The molecule has 9 heteroatoms. The molecule has 0 atom stereocenters. The second-order valence-corrected chi connectivity index (χ2v) is 7.59. The minimum Gasteiger partial charge on any atom is -0.496 e. The largest absolute Gasteiger partial charge is 0.496 e. The van der Waals surface area contributed by atoms with Gasteiger partial charge in [0.25, 0.3) is 0 Å². The molecule has 1 aliphatic heterocycles. The molecule has 0 aliphatic carbocycles. The number of nitrogens with zero attached hydrogens (tertiary/aromatic N) is 2. The molecule has 0 bridgehead atoms. The van der Waals surface area contributed by atoms with Crippen LogP contribution in [0.3, 0.4) is 0 Å². The zero-order chi connectivity index (χ0) is 17.4. The summed E-state index contributed by atoms with van der Waals surface area (Å²) < 4.78 is 30.4. The molecule has 2 N–H and O–H groups in total.